The summed E-state index contributed by atoms with van der Waals surface area (Å²) < 4.78 is 5.77. The minimum Gasteiger partial charge on any atom is -0.455 e. The van der Waals surface area contributed by atoms with E-state index in [1.54, 1.807) is 18.6 Å². The number of hydrogen-bond donors (Lipinski definition) is 0. The smallest absolute Gasteiger partial charge is 0.151 e. The van der Waals surface area contributed by atoms with Crippen LogP contribution in [0.1, 0.15) is 0 Å². The molecule has 5 nitrogen and oxygen atoms in total. The van der Waals surface area contributed by atoms with E-state index in [0.717, 1.165) is 67.0 Å². The maximum Gasteiger partial charge on any atom is 0.151 e. The number of aromatic nitrogens is 4. The van der Waals surface area contributed by atoms with Crippen molar-refractivity contribution in [1.82, 2.24) is 19.9 Å². The second-order valence-electron chi connectivity index (χ2n) is 13.5. The summed E-state index contributed by atoms with van der Waals surface area (Å²) >= 11 is 0. The van der Waals surface area contributed by atoms with Crippen molar-refractivity contribution in [3.8, 4) is 56.2 Å². The molecule has 0 unspecified atom stereocenters. The molecule has 0 fully saturated rings. The van der Waals surface area contributed by atoms with Crippen LogP contribution < -0.4 is 0 Å². The Kier molecular flexibility index (Phi) is 17.3. The van der Waals surface area contributed by atoms with Gasteiger partial charge in [-0.05, 0) is 58.2 Å². The molecule has 0 aliphatic rings. The average Bonchev–Trinajstić information content (AvgIpc) is 3.75. The first kappa shape index (κ1) is 45.5. The van der Waals surface area contributed by atoms with Crippen LogP contribution >= 0.6 is 0 Å². The SMILES string of the molecule is [Ir].[Ir].[c-]1ccccc1-c1cc(-c2ccccc2)ccn1.[c-]1ccccc1-c1cc2c(cn1)oc1ccccc12.[c-]1ccccc1-c1ccccn1.[c-]1ccccc1-c1ccccn1. The van der Waals surface area contributed by atoms with Gasteiger partial charge in [-0.2, -0.15) is 0 Å². The number of nitrogens with zero attached hydrogens (tertiary/aromatic N) is 4. The predicted molar refractivity (Wildman–Crippen MR) is 247 cm³/mol. The topological polar surface area (TPSA) is 64.7 Å². The summed E-state index contributed by atoms with van der Waals surface area (Å²) in [6.07, 6.45) is 7.20. The fourth-order valence-corrected chi connectivity index (χ4v) is 6.42. The number of furan rings is 1. The number of fused-ring (bicyclic) bond motifs is 3. The van der Waals surface area contributed by atoms with Crippen LogP contribution in [-0.2, 0) is 40.2 Å². The molecule has 5 aromatic heterocycles. The first-order valence-electron chi connectivity index (χ1n) is 19.8. The zero-order chi connectivity index (χ0) is 41.3. The molecule has 0 bridgehead atoms. The molecule has 0 saturated heterocycles. The first-order valence-corrected chi connectivity index (χ1v) is 19.8. The molecule has 0 aliphatic heterocycles. The van der Waals surface area contributed by atoms with Gasteiger partial charge in [0, 0.05) is 69.6 Å². The van der Waals surface area contributed by atoms with Gasteiger partial charge in [0.05, 0.1) is 6.20 Å². The molecule has 0 N–H and O–H groups in total. The fourth-order valence-electron chi connectivity index (χ4n) is 6.42. The van der Waals surface area contributed by atoms with Gasteiger partial charge in [-0.3, -0.25) is 0 Å². The van der Waals surface area contributed by atoms with E-state index in [9.17, 15) is 0 Å². The van der Waals surface area contributed by atoms with Crippen LogP contribution in [0.3, 0.4) is 0 Å². The van der Waals surface area contributed by atoms with Crippen LogP contribution in [0, 0.1) is 24.3 Å². The molecule has 0 atom stereocenters. The Labute approximate surface area is 395 Å². The molecular weight excluding hydrogens is 1130 g/mol. The van der Waals surface area contributed by atoms with Crippen LogP contribution in [0.2, 0.25) is 0 Å². The summed E-state index contributed by atoms with van der Waals surface area (Å²) in [5.74, 6) is 0. The Bertz CT molecular complexity index is 2790. The third kappa shape index (κ3) is 12.5. The molecule has 11 rings (SSSR count). The van der Waals surface area contributed by atoms with Crippen LogP contribution in [0.5, 0.6) is 0 Å². The Balaban J connectivity index is 0.000000141. The van der Waals surface area contributed by atoms with Gasteiger partial charge >= 0.3 is 0 Å². The number of hydrogen-bond acceptors (Lipinski definition) is 5. The van der Waals surface area contributed by atoms with Gasteiger partial charge in [-0.1, -0.05) is 84.9 Å². The minimum absolute atomic E-state index is 0. The van der Waals surface area contributed by atoms with E-state index >= 15 is 0 Å². The summed E-state index contributed by atoms with van der Waals surface area (Å²) in [6, 6.07) is 80.3. The monoisotopic (exact) mass is 1170 g/mol. The minimum atomic E-state index is 0. The van der Waals surface area contributed by atoms with Crippen molar-refractivity contribution < 1.29 is 44.6 Å². The number of para-hydroxylation sites is 1. The normalized spacial score (nSPS) is 9.97. The molecular formula is C56H38Ir2N4O-4. The fraction of sp³-hybridized carbons (Fsp3) is 0. The van der Waals surface area contributed by atoms with E-state index in [4.69, 9.17) is 4.42 Å². The van der Waals surface area contributed by atoms with Crippen molar-refractivity contribution in [3.63, 3.8) is 0 Å². The van der Waals surface area contributed by atoms with Gasteiger partial charge in [-0.15, -0.1) is 144 Å². The van der Waals surface area contributed by atoms with Crippen molar-refractivity contribution >= 4 is 21.9 Å². The standard InChI is InChI=1S/C17H10NO.C17H12N.2C11H8N.2Ir/c1-2-6-12(7-3-1)15-10-14-13-8-4-5-9-16(13)19-17(14)11-18-15;1-3-7-14(8-4-1)16-11-12-18-17(13-16)15-9-5-2-6-10-15;2*1-2-6-10(7-3-1)11-8-4-5-9-12-11;;/h1-6,8-11H;1-9,11-13H;2*1-6,8-9H;;/q4*-1;;. The van der Waals surface area contributed by atoms with E-state index in [2.05, 4.69) is 74.5 Å². The summed E-state index contributed by atoms with van der Waals surface area (Å²) in [7, 11) is 0. The summed E-state index contributed by atoms with van der Waals surface area (Å²) in [4.78, 5) is 17.3. The Morgan fingerprint density at radius 1 is 0.317 bits per heavy atom. The van der Waals surface area contributed by atoms with E-state index in [-0.39, 0.29) is 40.2 Å². The van der Waals surface area contributed by atoms with Crippen molar-refractivity contribution in [2.75, 3.05) is 0 Å². The van der Waals surface area contributed by atoms with Gasteiger partial charge in [-0.25, -0.2) is 0 Å². The zero-order valence-electron chi connectivity index (χ0n) is 33.8. The number of rotatable bonds is 5. The Morgan fingerprint density at radius 3 is 1.29 bits per heavy atom. The number of pyridine rings is 4. The number of benzene rings is 6. The maximum atomic E-state index is 5.77. The van der Waals surface area contributed by atoms with Crippen LogP contribution in [0.4, 0.5) is 0 Å². The summed E-state index contributed by atoms with van der Waals surface area (Å²) in [6.45, 7) is 0. The first-order chi connectivity index (χ1) is 30.3. The van der Waals surface area contributed by atoms with E-state index in [0.29, 0.717) is 0 Å². The van der Waals surface area contributed by atoms with Crippen LogP contribution in [0.25, 0.3) is 78.1 Å². The van der Waals surface area contributed by atoms with Gasteiger partial charge < -0.3 is 24.4 Å². The molecule has 63 heavy (non-hydrogen) atoms. The molecule has 6 aromatic carbocycles. The molecule has 310 valence electrons. The quantitative estimate of drug-likeness (QED) is 0.161. The summed E-state index contributed by atoms with van der Waals surface area (Å²) in [5.41, 5.74) is 12.0. The van der Waals surface area contributed by atoms with Crippen LogP contribution in [0.15, 0.2) is 235 Å². The van der Waals surface area contributed by atoms with Crippen molar-refractivity contribution in [3.05, 3.63) is 255 Å². The van der Waals surface area contributed by atoms with Crippen molar-refractivity contribution in [2.24, 2.45) is 0 Å². The second kappa shape index (κ2) is 23.9. The predicted octanol–water partition coefficient (Wildman–Crippen LogP) is 13.8. The third-order valence-corrected chi connectivity index (χ3v) is 9.40. The molecule has 0 aliphatic carbocycles. The van der Waals surface area contributed by atoms with Crippen molar-refractivity contribution in [1.29, 1.82) is 0 Å². The Hall–Kier alpha value is -6.98. The third-order valence-electron chi connectivity index (χ3n) is 9.40. The Morgan fingerprint density at radius 2 is 0.778 bits per heavy atom. The van der Waals surface area contributed by atoms with E-state index in [1.165, 1.54) is 11.1 Å². The molecule has 11 aromatic rings. The van der Waals surface area contributed by atoms with Crippen molar-refractivity contribution in [2.45, 2.75) is 0 Å². The van der Waals surface area contributed by atoms with E-state index < -0.39 is 0 Å². The zero-order valence-corrected chi connectivity index (χ0v) is 38.6. The van der Waals surface area contributed by atoms with Gasteiger partial charge in [0.1, 0.15) is 5.58 Å². The molecule has 5 heterocycles. The molecule has 0 amide bonds. The average molecular weight is 1170 g/mol. The summed E-state index contributed by atoms with van der Waals surface area (Å²) in [5, 5.41) is 2.22. The molecule has 2 radical (unpaired) electrons. The van der Waals surface area contributed by atoms with Gasteiger partial charge in [0.15, 0.2) is 5.58 Å². The van der Waals surface area contributed by atoms with Crippen LogP contribution in [-0.4, -0.2) is 19.9 Å². The maximum absolute atomic E-state index is 5.77. The van der Waals surface area contributed by atoms with Gasteiger partial charge in [0.2, 0.25) is 0 Å². The largest absolute Gasteiger partial charge is 0.455 e. The molecule has 7 heteroatoms. The second-order valence-corrected chi connectivity index (χ2v) is 13.5. The molecule has 0 saturated carbocycles. The molecule has 0 spiro atoms. The van der Waals surface area contributed by atoms with E-state index in [1.807, 2.05) is 182 Å². The van der Waals surface area contributed by atoms with Gasteiger partial charge in [0.25, 0.3) is 0 Å².